The Morgan fingerprint density at radius 1 is 0.862 bits per heavy atom. The second kappa shape index (κ2) is 8.65. The fourth-order valence-corrected chi connectivity index (χ4v) is 3.29. The van der Waals surface area contributed by atoms with Gasteiger partial charge in [-0.15, -0.1) is 0 Å². The molecule has 4 heteroatoms. The summed E-state index contributed by atoms with van der Waals surface area (Å²) in [6.07, 6.45) is -0.596. The third kappa shape index (κ3) is 4.49. The van der Waals surface area contributed by atoms with Gasteiger partial charge in [-0.3, -0.25) is 4.79 Å². The summed E-state index contributed by atoms with van der Waals surface area (Å²) < 4.78 is 11.7. The minimum Gasteiger partial charge on any atom is -0.492 e. The molecule has 0 spiro atoms. The van der Waals surface area contributed by atoms with Crippen LogP contribution in [0.15, 0.2) is 84.9 Å². The Hall–Kier alpha value is -3.53. The maximum Gasteiger partial charge on any atom is 0.260 e. The highest BCUT2D eigenvalue weighted by atomic mass is 16.5. The van der Waals surface area contributed by atoms with Gasteiger partial charge >= 0.3 is 0 Å². The van der Waals surface area contributed by atoms with E-state index < -0.39 is 6.10 Å². The lowest BCUT2D eigenvalue weighted by Crippen LogP contribution is -2.38. The molecule has 4 rings (SSSR count). The normalized spacial score (nSPS) is 11.9. The molecule has 0 aliphatic rings. The molecule has 4 nitrogen and oxygen atoms in total. The third-order valence-electron chi connectivity index (χ3n) is 4.81. The summed E-state index contributed by atoms with van der Waals surface area (Å²) in [5.74, 6) is 1.33. The largest absolute Gasteiger partial charge is 0.492 e. The topological polar surface area (TPSA) is 47.6 Å². The SMILES string of the molecule is C[C@@H](Oc1cccc2ccccc12)C(=O)NCCOc1ccc2ccccc2c1. The summed E-state index contributed by atoms with van der Waals surface area (Å²) in [6.45, 7) is 2.56. The number of rotatable bonds is 7. The molecule has 0 saturated carbocycles. The molecule has 0 aliphatic carbocycles. The summed E-state index contributed by atoms with van der Waals surface area (Å²) in [4.78, 5) is 12.4. The van der Waals surface area contributed by atoms with Crippen LogP contribution < -0.4 is 14.8 Å². The molecular weight excluding hydrogens is 362 g/mol. The maximum atomic E-state index is 12.4. The van der Waals surface area contributed by atoms with Crippen LogP contribution in [0.1, 0.15) is 6.92 Å². The lowest BCUT2D eigenvalue weighted by molar-refractivity contribution is -0.127. The summed E-state index contributed by atoms with van der Waals surface area (Å²) in [6, 6.07) is 27.9. The lowest BCUT2D eigenvalue weighted by Gasteiger charge is -2.16. The van der Waals surface area contributed by atoms with E-state index in [-0.39, 0.29) is 5.91 Å². The molecule has 4 aromatic carbocycles. The van der Waals surface area contributed by atoms with Crippen molar-refractivity contribution in [1.29, 1.82) is 0 Å². The van der Waals surface area contributed by atoms with Crippen molar-refractivity contribution >= 4 is 27.5 Å². The Bertz CT molecular complexity index is 1130. The van der Waals surface area contributed by atoms with Crippen molar-refractivity contribution in [2.24, 2.45) is 0 Å². The zero-order valence-corrected chi connectivity index (χ0v) is 16.3. The smallest absolute Gasteiger partial charge is 0.260 e. The maximum absolute atomic E-state index is 12.4. The van der Waals surface area contributed by atoms with E-state index in [9.17, 15) is 4.79 Å². The van der Waals surface area contributed by atoms with E-state index in [2.05, 4.69) is 17.4 Å². The highest BCUT2D eigenvalue weighted by Gasteiger charge is 2.15. The van der Waals surface area contributed by atoms with Crippen molar-refractivity contribution < 1.29 is 14.3 Å². The van der Waals surface area contributed by atoms with Gasteiger partial charge in [-0.05, 0) is 41.3 Å². The monoisotopic (exact) mass is 385 g/mol. The standard InChI is InChI=1S/C25H23NO3/c1-18(29-24-12-6-10-20-8-4-5-11-23(20)24)25(27)26-15-16-28-22-14-13-19-7-2-3-9-21(19)17-22/h2-14,17-18H,15-16H2,1H3,(H,26,27)/t18-/m1/s1. The molecule has 0 bridgehead atoms. The zero-order chi connectivity index (χ0) is 20.1. The van der Waals surface area contributed by atoms with E-state index in [4.69, 9.17) is 9.47 Å². The van der Waals surface area contributed by atoms with E-state index in [0.717, 1.165) is 21.9 Å². The average Bonchev–Trinajstić information content (AvgIpc) is 2.76. The number of hydrogen-bond donors (Lipinski definition) is 1. The van der Waals surface area contributed by atoms with Crippen LogP contribution in [0.5, 0.6) is 11.5 Å². The van der Waals surface area contributed by atoms with E-state index in [0.29, 0.717) is 18.9 Å². The molecule has 146 valence electrons. The van der Waals surface area contributed by atoms with Crippen molar-refractivity contribution in [3.05, 3.63) is 84.9 Å². The highest BCUT2D eigenvalue weighted by molar-refractivity contribution is 5.89. The van der Waals surface area contributed by atoms with Crippen LogP contribution in [0.2, 0.25) is 0 Å². The fraction of sp³-hybridized carbons (Fsp3) is 0.160. The predicted molar refractivity (Wildman–Crippen MR) is 116 cm³/mol. The molecule has 4 aromatic rings. The predicted octanol–water partition coefficient (Wildman–Crippen LogP) is 4.96. The number of hydrogen-bond acceptors (Lipinski definition) is 3. The highest BCUT2D eigenvalue weighted by Crippen LogP contribution is 2.26. The quantitative estimate of drug-likeness (QED) is 0.458. The van der Waals surface area contributed by atoms with Crippen LogP contribution in [0, 0.1) is 0 Å². The molecule has 0 aliphatic heterocycles. The molecule has 29 heavy (non-hydrogen) atoms. The number of nitrogens with one attached hydrogen (secondary N) is 1. The van der Waals surface area contributed by atoms with Gasteiger partial charge < -0.3 is 14.8 Å². The summed E-state index contributed by atoms with van der Waals surface area (Å²) in [5.41, 5.74) is 0. The third-order valence-corrected chi connectivity index (χ3v) is 4.81. The van der Waals surface area contributed by atoms with Crippen LogP contribution >= 0.6 is 0 Å². The Morgan fingerprint density at radius 2 is 1.59 bits per heavy atom. The van der Waals surface area contributed by atoms with Gasteiger partial charge in [0.25, 0.3) is 5.91 Å². The van der Waals surface area contributed by atoms with Gasteiger partial charge in [0.05, 0.1) is 6.54 Å². The number of amides is 1. The van der Waals surface area contributed by atoms with Crippen LogP contribution in [0.4, 0.5) is 0 Å². The van der Waals surface area contributed by atoms with Crippen molar-refractivity contribution in [2.75, 3.05) is 13.2 Å². The van der Waals surface area contributed by atoms with Crippen LogP contribution in [0.3, 0.4) is 0 Å². The van der Waals surface area contributed by atoms with Crippen molar-refractivity contribution in [3.63, 3.8) is 0 Å². The molecule has 0 radical (unpaired) electrons. The Labute approximate surface area is 170 Å². The van der Waals surface area contributed by atoms with Crippen LogP contribution in [-0.4, -0.2) is 25.2 Å². The first-order chi connectivity index (χ1) is 14.2. The van der Waals surface area contributed by atoms with E-state index in [1.807, 2.05) is 72.8 Å². The van der Waals surface area contributed by atoms with E-state index in [1.165, 1.54) is 5.39 Å². The Kier molecular flexibility index (Phi) is 5.61. The van der Waals surface area contributed by atoms with Gasteiger partial charge in [-0.2, -0.15) is 0 Å². The summed E-state index contributed by atoms with van der Waals surface area (Å²) >= 11 is 0. The van der Waals surface area contributed by atoms with Crippen molar-refractivity contribution in [2.45, 2.75) is 13.0 Å². The van der Waals surface area contributed by atoms with Crippen LogP contribution in [0.25, 0.3) is 21.5 Å². The number of ether oxygens (including phenoxy) is 2. The number of benzene rings is 4. The van der Waals surface area contributed by atoms with Gasteiger partial charge in [-0.25, -0.2) is 0 Å². The fourth-order valence-electron chi connectivity index (χ4n) is 3.29. The molecule has 0 unspecified atom stereocenters. The van der Waals surface area contributed by atoms with Gasteiger partial charge in [0, 0.05) is 5.39 Å². The minimum absolute atomic E-state index is 0.167. The Morgan fingerprint density at radius 3 is 2.45 bits per heavy atom. The second-order valence-corrected chi connectivity index (χ2v) is 6.89. The lowest BCUT2D eigenvalue weighted by atomic mass is 10.1. The average molecular weight is 385 g/mol. The first-order valence-electron chi connectivity index (χ1n) is 9.74. The van der Waals surface area contributed by atoms with Gasteiger partial charge in [0.2, 0.25) is 0 Å². The summed E-state index contributed by atoms with van der Waals surface area (Å²) in [7, 11) is 0. The number of fused-ring (bicyclic) bond motifs is 2. The molecule has 0 saturated heterocycles. The molecule has 0 heterocycles. The second-order valence-electron chi connectivity index (χ2n) is 6.89. The number of carbonyl (C=O) groups excluding carboxylic acids is 1. The minimum atomic E-state index is -0.596. The first kappa shape index (κ1) is 18.8. The molecule has 1 amide bonds. The molecule has 0 aromatic heterocycles. The van der Waals surface area contributed by atoms with Gasteiger partial charge in [0.15, 0.2) is 6.10 Å². The van der Waals surface area contributed by atoms with E-state index in [1.54, 1.807) is 6.92 Å². The van der Waals surface area contributed by atoms with Gasteiger partial charge in [-0.1, -0.05) is 66.7 Å². The number of carbonyl (C=O) groups is 1. The van der Waals surface area contributed by atoms with Gasteiger partial charge in [0.1, 0.15) is 18.1 Å². The van der Waals surface area contributed by atoms with Crippen LogP contribution in [-0.2, 0) is 4.79 Å². The van der Waals surface area contributed by atoms with Crippen molar-refractivity contribution in [1.82, 2.24) is 5.32 Å². The van der Waals surface area contributed by atoms with E-state index >= 15 is 0 Å². The zero-order valence-electron chi connectivity index (χ0n) is 16.3. The molecule has 1 atom stereocenters. The summed E-state index contributed by atoms with van der Waals surface area (Å²) in [5, 5.41) is 7.25. The first-order valence-corrected chi connectivity index (χ1v) is 9.74. The Balaban J connectivity index is 1.28. The molecular formula is C25H23NO3. The molecule has 0 fully saturated rings. The molecule has 1 N–H and O–H groups in total. The van der Waals surface area contributed by atoms with Crippen molar-refractivity contribution in [3.8, 4) is 11.5 Å².